The number of piperidine rings is 1. The summed E-state index contributed by atoms with van der Waals surface area (Å²) in [6.07, 6.45) is 3.86. The van der Waals surface area contributed by atoms with E-state index in [2.05, 4.69) is 41.1 Å². The van der Waals surface area contributed by atoms with E-state index in [-0.39, 0.29) is 47.2 Å². The van der Waals surface area contributed by atoms with Gasteiger partial charge in [0.05, 0.1) is 17.8 Å². The maximum absolute atomic E-state index is 13.3. The molecule has 4 amide bonds. The maximum atomic E-state index is 13.3. The number of rotatable bonds is 5. The molecule has 2 aliphatic rings. The van der Waals surface area contributed by atoms with Gasteiger partial charge in [0, 0.05) is 41.8 Å². The van der Waals surface area contributed by atoms with Crippen molar-refractivity contribution in [2.45, 2.75) is 77.3 Å². The van der Waals surface area contributed by atoms with Crippen LogP contribution >= 0.6 is 11.3 Å². The van der Waals surface area contributed by atoms with Crippen molar-refractivity contribution in [3.63, 3.8) is 0 Å². The molecule has 1 fully saturated rings. The molecule has 41 heavy (non-hydrogen) atoms. The second-order valence-corrected chi connectivity index (χ2v) is 13.1. The summed E-state index contributed by atoms with van der Waals surface area (Å²) in [5, 5.41) is 18.2. The molecule has 0 bridgehead atoms. The van der Waals surface area contributed by atoms with Crippen LogP contribution in [0.2, 0.25) is 0 Å². The quantitative estimate of drug-likeness (QED) is 0.305. The van der Waals surface area contributed by atoms with Gasteiger partial charge < -0.3 is 21.3 Å². The smallest absolute Gasteiger partial charge is 0.315 e. The number of H-pyrrole nitrogens is 1. The Labute approximate surface area is 242 Å². The van der Waals surface area contributed by atoms with Gasteiger partial charge in [-0.15, -0.1) is 11.3 Å². The molecule has 1 saturated heterocycles. The summed E-state index contributed by atoms with van der Waals surface area (Å²) in [4.78, 5) is 53.1. The van der Waals surface area contributed by atoms with Crippen molar-refractivity contribution in [3.8, 4) is 11.4 Å². The number of nitrogens with zero attached hydrogens (tertiary/aromatic N) is 5. The third-order valence-electron chi connectivity index (χ3n) is 7.19. The molecule has 4 heterocycles. The fourth-order valence-corrected chi connectivity index (χ4v) is 6.07. The fourth-order valence-electron chi connectivity index (χ4n) is 5.36. The molecule has 3 aromatic rings. The minimum Gasteiger partial charge on any atom is -0.368 e. The Hall–Kier alpha value is -4.07. The molecule has 3 aromatic heterocycles. The Morgan fingerprint density at radius 1 is 1.17 bits per heavy atom. The van der Waals surface area contributed by atoms with Gasteiger partial charge in [0.1, 0.15) is 11.4 Å². The van der Waals surface area contributed by atoms with E-state index in [0.717, 1.165) is 11.1 Å². The first-order chi connectivity index (χ1) is 19.3. The topological polar surface area (TPSA) is 184 Å². The number of fused-ring (bicyclic) bond motifs is 3. The molecular weight excluding hydrogens is 544 g/mol. The lowest BCUT2D eigenvalue weighted by Crippen LogP contribution is -2.52. The van der Waals surface area contributed by atoms with Crippen molar-refractivity contribution in [2.24, 2.45) is 0 Å². The predicted octanol–water partition coefficient (Wildman–Crippen LogP) is 2.62. The third kappa shape index (κ3) is 6.32. The first-order valence-corrected chi connectivity index (χ1v) is 14.5. The first kappa shape index (κ1) is 28.5. The zero-order valence-electron chi connectivity index (χ0n) is 23.9. The molecule has 1 aliphatic carbocycles. The van der Waals surface area contributed by atoms with E-state index < -0.39 is 0 Å². The molecule has 1 aliphatic heterocycles. The van der Waals surface area contributed by atoms with Crippen molar-refractivity contribution in [1.29, 1.82) is 0 Å². The third-order valence-corrected chi connectivity index (χ3v) is 7.99. The van der Waals surface area contributed by atoms with Crippen LogP contribution in [0.3, 0.4) is 0 Å². The number of carbonyl (C=O) groups is 3. The molecule has 13 nitrogen and oxygen atoms in total. The number of nitrogens with two attached hydrogens (primary N) is 1. The van der Waals surface area contributed by atoms with Gasteiger partial charge in [-0.05, 0) is 51.0 Å². The summed E-state index contributed by atoms with van der Waals surface area (Å²) in [5.41, 5.74) is 8.96. The average Bonchev–Trinajstić information content (AvgIpc) is 3.52. The zero-order valence-corrected chi connectivity index (χ0v) is 24.7. The lowest BCUT2D eigenvalue weighted by Gasteiger charge is -2.33. The van der Waals surface area contributed by atoms with Gasteiger partial charge in [-0.3, -0.25) is 20.0 Å². The van der Waals surface area contributed by atoms with Crippen LogP contribution in [-0.4, -0.2) is 72.6 Å². The van der Waals surface area contributed by atoms with Gasteiger partial charge in [-0.2, -0.15) is 5.10 Å². The highest BCUT2D eigenvalue weighted by Gasteiger charge is 2.38. The summed E-state index contributed by atoms with van der Waals surface area (Å²) >= 11 is 1.26. The average molecular weight is 581 g/mol. The number of nitrogens with one attached hydrogen (secondary N) is 4. The molecule has 5 rings (SSSR count). The van der Waals surface area contributed by atoms with Crippen LogP contribution in [0.4, 0.5) is 15.9 Å². The molecule has 0 atom stereocenters. The fraction of sp³-hybridized carbons (Fsp3) is 0.519. The van der Waals surface area contributed by atoms with E-state index in [1.807, 2.05) is 34.6 Å². The summed E-state index contributed by atoms with van der Waals surface area (Å²) in [7, 11) is 0. The zero-order chi connectivity index (χ0) is 29.5. The number of thiazole rings is 1. The first-order valence-electron chi connectivity index (χ1n) is 13.6. The number of carbonyl (C=O) groups excluding carboxylic acids is 3. The van der Waals surface area contributed by atoms with Crippen molar-refractivity contribution in [1.82, 2.24) is 40.7 Å². The second-order valence-electron chi connectivity index (χ2n) is 12.3. The van der Waals surface area contributed by atoms with E-state index in [0.29, 0.717) is 60.3 Å². The van der Waals surface area contributed by atoms with E-state index >= 15 is 0 Å². The number of hydrogen-bond donors (Lipinski definition) is 5. The van der Waals surface area contributed by atoms with Crippen molar-refractivity contribution in [3.05, 3.63) is 34.1 Å². The summed E-state index contributed by atoms with van der Waals surface area (Å²) in [6.45, 7) is 11.0. The van der Waals surface area contributed by atoms with Crippen molar-refractivity contribution in [2.75, 3.05) is 24.1 Å². The van der Waals surface area contributed by atoms with Gasteiger partial charge >= 0.3 is 6.03 Å². The van der Waals surface area contributed by atoms with Crippen molar-refractivity contribution < 1.29 is 14.4 Å². The number of aromatic amines is 1. The summed E-state index contributed by atoms with van der Waals surface area (Å²) < 4.78 is 0. The molecule has 0 aromatic carbocycles. The van der Waals surface area contributed by atoms with Gasteiger partial charge in [-0.25, -0.2) is 19.7 Å². The number of hydrogen-bond acceptors (Lipinski definition) is 9. The summed E-state index contributed by atoms with van der Waals surface area (Å²) in [6, 6.07) is -0.166. The van der Waals surface area contributed by atoms with Crippen LogP contribution in [0.25, 0.3) is 11.4 Å². The van der Waals surface area contributed by atoms with Gasteiger partial charge in [-0.1, -0.05) is 13.8 Å². The van der Waals surface area contributed by atoms with E-state index in [9.17, 15) is 14.4 Å². The van der Waals surface area contributed by atoms with E-state index in [4.69, 9.17) is 5.73 Å². The Morgan fingerprint density at radius 2 is 1.90 bits per heavy atom. The highest BCUT2D eigenvalue weighted by molar-refractivity contribution is 7.14. The Morgan fingerprint density at radius 3 is 2.61 bits per heavy atom. The van der Waals surface area contributed by atoms with Crippen LogP contribution in [0.15, 0.2) is 11.6 Å². The second kappa shape index (κ2) is 10.7. The number of amides is 4. The highest BCUT2D eigenvalue weighted by Crippen LogP contribution is 2.42. The lowest BCUT2D eigenvalue weighted by atomic mass is 9.73. The number of anilines is 2. The van der Waals surface area contributed by atoms with Crippen LogP contribution in [0.5, 0.6) is 0 Å². The maximum Gasteiger partial charge on any atom is 0.315 e. The van der Waals surface area contributed by atoms with Crippen LogP contribution in [-0.2, 0) is 23.1 Å². The van der Waals surface area contributed by atoms with Crippen LogP contribution in [0, 0.1) is 0 Å². The normalized spacial score (nSPS) is 16.5. The molecule has 218 valence electrons. The van der Waals surface area contributed by atoms with Gasteiger partial charge in [0.15, 0.2) is 5.13 Å². The van der Waals surface area contributed by atoms with Crippen LogP contribution in [0.1, 0.15) is 74.8 Å². The van der Waals surface area contributed by atoms with Gasteiger partial charge in [0.25, 0.3) is 5.91 Å². The monoisotopic (exact) mass is 580 g/mol. The number of aromatic nitrogens is 5. The number of nitrogen functional groups attached to an aromatic ring is 1. The van der Waals surface area contributed by atoms with Crippen molar-refractivity contribution >= 4 is 40.3 Å². The molecule has 0 saturated carbocycles. The minimum absolute atomic E-state index is 0.0268. The van der Waals surface area contributed by atoms with Crippen LogP contribution < -0.4 is 21.7 Å². The summed E-state index contributed by atoms with van der Waals surface area (Å²) in [5.74, 6) is -0.248. The Balaban J connectivity index is 1.18. The standard InChI is InChI=1S/C27H36N10O3S/c1-26(2,3)34-24(40)30-15-6-8-37(9-7-15)17(38)10-16-13-41-25(31-16)33-22(39)21-18-20(35-36-21)19-14(11-27(18,4)5)12-29-23(28)32-19/h12-13,15H,6-11H2,1-5H3,(H,35,36)(H2,28,29,32)(H2,30,34,40)(H,31,33,39). The SMILES string of the molecule is CC(C)(C)NC(=O)NC1CCN(C(=O)Cc2csc(NC(=O)c3[nH]nc4c3C(C)(C)Cc3cnc(N)nc3-4)n2)CC1. The Kier molecular flexibility index (Phi) is 7.45. The molecule has 0 radical (unpaired) electrons. The molecule has 6 N–H and O–H groups in total. The van der Waals surface area contributed by atoms with Gasteiger partial charge in [0.2, 0.25) is 11.9 Å². The highest BCUT2D eigenvalue weighted by atomic mass is 32.1. The minimum atomic E-state index is -0.388. The van der Waals surface area contributed by atoms with E-state index in [1.54, 1.807) is 16.5 Å². The van der Waals surface area contributed by atoms with E-state index in [1.165, 1.54) is 11.3 Å². The molecule has 14 heteroatoms. The number of likely N-dealkylation sites (tertiary alicyclic amines) is 1. The lowest BCUT2D eigenvalue weighted by molar-refractivity contribution is -0.131. The molecule has 0 unspecified atom stereocenters. The number of urea groups is 1. The Bertz CT molecular complexity index is 1480. The molecular formula is C27H36N10O3S. The largest absolute Gasteiger partial charge is 0.368 e. The predicted molar refractivity (Wildman–Crippen MR) is 156 cm³/mol. The molecule has 0 spiro atoms.